The molecule has 0 bridgehead atoms. The van der Waals surface area contributed by atoms with E-state index >= 15 is 0 Å². The highest BCUT2D eigenvalue weighted by atomic mass is 35.5. The van der Waals surface area contributed by atoms with Gasteiger partial charge in [0, 0.05) is 6.20 Å². The van der Waals surface area contributed by atoms with Crippen LogP contribution in [0.1, 0.15) is 40.4 Å². The summed E-state index contributed by atoms with van der Waals surface area (Å²) >= 11 is 6.27. The van der Waals surface area contributed by atoms with Gasteiger partial charge in [0.05, 0.1) is 16.6 Å². The van der Waals surface area contributed by atoms with Crippen molar-refractivity contribution in [3.8, 4) is 5.82 Å². The van der Waals surface area contributed by atoms with Crippen molar-refractivity contribution in [3.63, 3.8) is 0 Å². The first-order valence-corrected chi connectivity index (χ1v) is 8.49. The Hall–Kier alpha value is -2.73. The summed E-state index contributed by atoms with van der Waals surface area (Å²) < 4.78 is 1.60. The van der Waals surface area contributed by atoms with Gasteiger partial charge in [-0.3, -0.25) is 9.36 Å². The number of halogens is 1. The molecular weight excluding hydrogens is 338 g/mol. The molecule has 0 saturated carbocycles. The third-order valence-electron chi connectivity index (χ3n) is 4.42. The van der Waals surface area contributed by atoms with E-state index in [0.29, 0.717) is 16.4 Å². The molecule has 1 aromatic carbocycles. The molecule has 0 fully saturated rings. The Morgan fingerprint density at radius 2 is 2.04 bits per heavy atom. The van der Waals surface area contributed by atoms with Crippen LogP contribution in [0.3, 0.4) is 0 Å². The first-order valence-electron chi connectivity index (χ1n) is 8.11. The fraction of sp³-hybridized carbons (Fsp3) is 0.222. The molecule has 4 rings (SSSR count). The van der Waals surface area contributed by atoms with E-state index in [2.05, 4.69) is 32.6 Å². The van der Waals surface area contributed by atoms with Crippen molar-refractivity contribution in [3.05, 3.63) is 70.9 Å². The van der Waals surface area contributed by atoms with Gasteiger partial charge >= 0.3 is 0 Å². The summed E-state index contributed by atoms with van der Waals surface area (Å²) in [5.41, 5.74) is 2.94. The molecule has 126 valence electrons. The van der Waals surface area contributed by atoms with Crippen LogP contribution in [0.5, 0.6) is 0 Å². The standard InChI is InChI=1S/C18H16ClN5O/c19-15-8-13(9-20-17(15)24-10-21-22-11-24)18(25)23-16-7-3-5-12-4-1-2-6-14(12)16/h1-2,4,6,8-11,16H,3,5,7H2,(H,23,25). The lowest BCUT2D eigenvalue weighted by atomic mass is 9.87. The topological polar surface area (TPSA) is 72.7 Å². The molecule has 0 spiro atoms. The fourth-order valence-corrected chi connectivity index (χ4v) is 3.46. The van der Waals surface area contributed by atoms with Crippen LogP contribution < -0.4 is 5.32 Å². The number of benzene rings is 1. The predicted molar refractivity (Wildman–Crippen MR) is 93.8 cm³/mol. The highest BCUT2D eigenvalue weighted by Gasteiger charge is 2.22. The second-order valence-electron chi connectivity index (χ2n) is 6.02. The maximum Gasteiger partial charge on any atom is 0.253 e. The number of pyridine rings is 1. The minimum Gasteiger partial charge on any atom is -0.345 e. The van der Waals surface area contributed by atoms with Gasteiger partial charge in [-0.1, -0.05) is 35.9 Å². The molecular formula is C18H16ClN5O. The molecule has 0 aliphatic heterocycles. The van der Waals surface area contributed by atoms with Crippen LogP contribution in [0, 0.1) is 0 Å². The summed E-state index contributed by atoms with van der Waals surface area (Å²) in [6.45, 7) is 0. The van der Waals surface area contributed by atoms with Gasteiger partial charge in [-0.15, -0.1) is 10.2 Å². The van der Waals surface area contributed by atoms with Crippen molar-refractivity contribution in [2.24, 2.45) is 0 Å². The molecule has 1 aliphatic rings. The molecule has 1 N–H and O–H groups in total. The van der Waals surface area contributed by atoms with E-state index in [9.17, 15) is 4.79 Å². The minimum absolute atomic E-state index is 0.0220. The number of carbonyl (C=O) groups is 1. The number of nitrogens with zero attached hydrogens (tertiary/aromatic N) is 4. The Morgan fingerprint density at radius 3 is 2.84 bits per heavy atom. The molecule has 1 atom stereocenters. The molecule has 7 heteroatoms. The molecule has 1 unspecified atom stereocenters. The van der Waals surface area contributed by atoms with Gasteiger partial charge in [0.15, 0.2) is 5.82 Å². The van der Waals surface area contributed by atoms with Crippen molar-refractivity contribution in [1.82, 2.24) is 25.1 Å². The van der Waals surface area contributed by atoms with Crippen LogP contribution in [0.2, 0.25) is 5.02 Å². The molecule has 1 amide bonds. The van der Waals surface area contributed by atoms with E-state index in [-0.39, 0.29) is 11.9 Å². The first kappa shape index (κ1) is 15.8. The summed E-state index contributed by atoms with van der Waals surface area (Å²) in [5, 5.41) is 10.9. The molecule has 1 aliphatic carbocycles. The number of aromatic nitrogens is 4. The normalized spacial score (nSPS) is 16.3. The van der Waals surface area contributed by atoms with Gasteiger partial charge in [0.2, 0.25) is 0 Å². The zero-order chi connectivity index (χ0) is 17.2. The summed E-state index contributed by atoms with van der Waals surface area (Å²) in [5.74, 6) is 0.317. The summed E-state index contributed by atoms with van der Waals surface area (Å²) in [6.07, 6.45) is 7.59. The average molecular weight is 354 g/mol. The van der Waals surface area contributed by atoms with Gasteiger partial charge in [0.25, 0.3) is 5.91 Å². The van der Waals surface area contributed by atoms with Gasteiger partial charge in [0.1, 0.15) is 12.7 Å². The highest BCUT2D eigenvalue weighted by molar-refractivity contribution is 6.32. The van der Waals surface area contributed by atoms with Crippen LogP contribution in [-0.2, 0) is 6.42 Å². The number of carbonyl (C=O) groups excluding carboxylic acids is 1. The SMILES string of the molecule is O=C(NC1CCCc2ccccc21)c1cnc(-n2cnnc2)c(Cl)c1. The van der Waals surface area contributed by atoms with E-state index in [0.717, 1.165) is 19.3 Å². The molecule has 25 heavy (non-hydrogen) atoms. The largest absolute Gasteiger partial charge is 0.345 e. The molecule has 2 heterocycles. The van der Waals surface area contributed by atoms with Crippen molar-refractivity contribution >= 4 is 17.5 Å². The van der Waals surface area contributed by atoms with E-state index in [4.69, 9.17) is 11.6 Å². The summed E-state index contributed by atoms with van der Waals surface area (Å²) in [6, 6.07) is 9.90. The Morgan fingerprint density at radius 1 is 1.24 bits per heavy atom. The Kier molecular flexibility index (Phi) is 4.19. The monoisotopic (exact) mass is 353 g/mol. The Balaban J connectivity index is 1.55. The van der Waals surface area contributed by atoms with Gasteiger partial charge in [-0.05, 0) is 36.5 Å². The predicted octanol–water partition coefficient (Wildman–Crippen LogP) is 3.12. The number of amides is 1. The lowest BCUT2D eigenvalue weighted by molar-refractivity contribution is 0.0932. The third kappa shape index (κ3) is 3.13. The van der Waals surface area contributed by atoms with Gasteiger partial charge in [-0.25, -0.2) is 4.98 Å². The number of aryl methyl sites for hydroxylation is 1. The van der Waals surface area contributed by atoms with E-state index in [1.54, 1.807) is 10.6 Å². The molecule has 3 aromatic rings. The maximum atomic E-state index is 12.6. The molecule has 0 radical (unpaired) electrons. The van der Waals surface area contributed by atoms with Crippen LogP contribution in [0.25, 0.3) is 5.82 Å². The average Bonchev–Trinajstić information content (AvgIpc) is 3.16. The number of fused-ring (bicyclic) bond motifs is 1. The van der Waals surface area contributed by atoms with Crippen molar-refractivity contribution in [1.29, 1.82) is 0 Å². The van der Waals surface area contributed by atoms with E-state index < -0.39 is 0 Å². The highest BCUT2D eigenvalue weighted by Crippen LogP contribution is 2.29. The van der Waals surface area contributed by atoms with Gasteiger partial charge < -0.3 is 5.32 Å². The van der Waals surface area contributed by atoms with E-state index in [1.165, 1.54) is 30.0 Å². The quantitative estimate of drug-likeness (QED) is 0.785. The first-order chi connectivity index (χ1) is 12.2. The summed E-state index contributed by atoms with van der Waals surface area (Å²) in [4.78, 5) is 16.9. The summed E-state index contributed by atoms with van der Waals surface area (Å²) in [7, 11) is 0. The lowest BCUT2D eigenvalue weighted by Crippen LogP contribution is -2.31. The third-order valence-corrected chi connectivity index (χ3v) is 4.70. The molecule has 2 aromatic heterocycles. The number of hydrogen-bond acceptors (Lipinski definition) is 4. The van der Waals surface area contributed by atoms with Crippen molar-refractivity contribution in [2.45, 2.75) is 25.3 Å². The zero-order valence-corrected chi connectivity index (χ0v) is 14.1. The van der Waals surface area contributed by atoms with E-state index in [1.807, 2.05) is 12.1 Å². The smallest absolute Gasteiger partial charge is 0.253 e. The van der Waals surface area contributed by atoms with Crippen LogP contribution in [-0.4, -0.2) is 25.7 Å². The van der Waals surface area contributed by atoms with Crippen LogP contribution in [0.15, 0.2) is 49.2 Å². The van der Waals surface area contributed by atoms with Crippen molar-refractivity contribution in [2.75, 3.05) is 0 Å². The number of rotatable bonds is 3. The second kappa shape index (κ2) is 6.64. The van der Waals surface area contributed by atoms with Gasteiger partial charge in [-0.2, -0.15) is 0 Å². The lowest BCUT2D eigenvalue weighted by Gasteiger charge is -2.26. The van der Waals surface area contributed by atoms with Crippen LogP contribution in [0.4, 0.5) is 0 Å². The van der Waals surface area contributed by atoms with Crippen molar-refractivity contribution < 1.29 is 4.79 Å². The fourth-order valence-electron chi connectivity index (χ4n) is 3.20. The second-order valence-corrected chi connectivity index (χ2v) is 6.42. The molecule has 6 nitrogen and oxygen atoms in total. The molecule has 0 saturated heterocycles. The number of hydrogen-bond donors (Lipinski definition) is 1. The Bertz CT molecular complexity index is 910. The minimum atomic E-state index is -0.175. The Labute approximate surface area is 149 Å². The zero-order valence-electron chi connectivity index (χ0n) is 13.4. The number of nitrogens with one attached hydrogen (secondary N) is 1. The maximum absolute atomic E-state index is 12.6. The van der Waals surface area contributed by atoms with Crippen LogP contribution >= 0.6 is 11.6 Å².